The Kier molecular flexibility index (Phi) is 6.30. The zero-order valence-electron chi connectivity index (χ0n) is 15.2. The highest BCUT2D eigenvalue weighted by Crippen LogP contribution is 2.19. The summed E-state index contributed by atoms with van der Waals surface area (Å²) < 4.78 is 1.92. The summed E-state index contributed by atoms with van der Waals surface area (Å²) in [7, 11) is 3.41. The zero-order chi connectivity index (χ0) is 18.4. The van der Waals surface area contributed by atoms with E-state index in [0.717, 1.165) is 22.6 Å². The number of hydrogen-bond donors (Lipinski definition) is 2. The molecule has 2 aromatic rings. The van der Waals surface area contributed by atoms with Crippen LogP contribution >= 0.6 is 0 Å². The van der Waals surface area contributed by atoms with Crippen molar-refractivity contribution in [1.82, 2.24) is 25.3 Å². The second-order valence-corrected chi connectivity index (χ2v) is 6.02. The van der Waals surface area contributed by atoms with Crippen LogP contribution in [0.2, 0.25) is 0 Å². The minimum atomic E-state index is -0.216. The van der Waals surface area contributed by atoms with Gasteiger partial charge in [0.2, 0.25) is 11.8 Å². The minimum Gasteiger partial charge on any atom is -0.358 e. The maximum absolute atomic E-state index is 11.9. The van der Waals surface area contributed by atoms with Gasteiger partial charge in [-0.2, -0.15) is 5.10 Å². The van der Waals surface area contributed by atoms with E-state index < -0.39 is 0 Å². The summed E-state index contributed by atoms with van der Waals surface area (Å²) in [4.78, 5) is 25.0. The molecule has 7 nitrogen and oxygen atoms in total. The summed E-state index contributed by atoms with van der Waals surface area (Å²) in [5, 5.41) is 9.69. The van der Waals surface area contributed by atoms with Crippen LogP contribution in [0.25, 0.3) is 5.69 Å². The molecule has 0 bridgehead atoms. The van der Waals surface area contributed by atoms with Crippen molar-refractivity contribution in [3.63, 3.8) is 0 Å². The molecule has 0 aliphatic rings. The first kappa shape index (κ1) is 18.7. The molecule has 0 aliphatic carbocycles. The Balaban J connectivity index is 2.01. The third kappa shape index (κ3) is 4.90. The van der Waals surface area contributed by atoms with E-state index >= 15 is 0 Å². The molecule has 2 rings (SSSR count). The molecule has 0 unspecified atom stereocenters. The maximum atomic E-state index is 11.9. The number of hydrogen-bond acceptors (Lipinski definition) is 4. The van der Waals surface area contributed by atoms with E-state index in [9.17, 15) is 9.59 Å². The summed E-state index contributed by atoms with van der Waals surface area (Å²) in [6, 6.07) is 9.96. The fourth-order valence-electron chi connectivity index (χ4n) is 2.62. The van der Waals surface area contributed by atoms with Crippen LogP contribution in [0.1, 0.15) is 17.0 Å². The van der Waals surface area contributed by atoms with Crippen LogP contribution in [0, 0.1) is 13.8 Å². The predicted octanol–water partition coefficient (Wildman–Crippen LogP) is 0.783. The number of carbonyl (C=O) groups excluding carboxylic acids is 2. The van der Waals surface area contributed by atoms with Crippen LogP contribution in [-0.4, -0.2) is 53.7 Å². The van der Waals surface area contributed by atoms with Crippen molar-refractivity contribution >= 4 is 11.8 Å². The van der Waals surface area contributed by atoms with Crippen LogP contribution < -0.4 is 10.6 Å². The molecule has 1 heterocycles. The van der Waals surface area contributed by atoms with E-state index in [4.69, 9.17) is 0 Å². The van der Waals surface area contributed by atoms with Crippen LogP contribution in [0.15, 0.2) is 30.3 Å². The summed E-state index contributed by atoms with van der Waals surface area (Å²) in [5.41, 5.74) is 4.12. The number of aromatic nitrogens is 2. The molecule has 0 radical (unpaired) electrons. The number of rotatable bonds is 7. The second kappa shape index (κ2) is 8.43. The van der Waals surface area contributed by atoms with Gasteiger partial charge in [0.25, 0.3) is 0 Å². The van der Waals surface area contributed by atoms with E-state index in [1.807, 2.05) is 60.8 Å². The quantitative estimate of drug-likeness (QED) is 0.779. The Bertz CT molecular complexity index is 739. The van der Waals surface area contributed by atoms with Gasteiger partial charge >= 0.3 is 0 Å². The van der Waals surface area contributed by atoms with E-state index in [0.29, 0.717) is 6.54 Å². The van der Waals surface area contributed by atoms with Crippen LogP contribution in [-0.2, 0) is 16.1 Å². The van der Waals surface area contributed by atoms with Crippen molar-refractivity contribution in [2.45, 2.75) is 20.4 Å². The molecular formula is C18H25N5O2. The molecule has 25 heavy (non-hydrogen) atoms. The highest BCUT2D eigenvalue weighted by Gasteiger charge is 2.16. The van der Waals surface area contributed by atoms with Gasteiger partial charge in [0, 0.05) is 24.8 Å². The van der Waals surface area contributed by atoms with Crippen molar-refractivity contribution < 1.29 is 9.59 Å². The third-order valence-electron chi connectivity index (χ3n) is 4.01. The molecule has 0 atom stereocenters. The number of aryl methyl sites for hydroxylation is 1. The lowest BCUT2D eigenvalue weighted by molar-refractivity contribution is -0.126. The Labute approximate surface area is 148 Å². The number of para-hydroxylation sites is 1. The molecule has 2 amide bonds. The Morgan fingerprint density at radius 1 is 1.16 bits per heavy atom. The fraction of sp³-hybridized carbons (Fsp3) is 0.389. The number of benzene rings is 1. The second-order valence-electron chi connectivity index (χ2n) is 6.02. The topological polar surface area (TPSA) is 79.3 Å². The number of amides is 2. The minimum absolute atomic E-state index is 0.00678. The van der Waals surface area contributed by atoms with Gasteiger partial charge < -0.3 is 10.6 Å². The van der Waals surface area contributed by atoms with Gasteiger partial charge in [-0.25, -0.2) is 4.68 Å². The van der Waals surface area contributed by atoms with E-state index in [-0.39, 0.29) is 24.9 Å². The van der Waals surface area contributed by atoms with Gasteiger partial charge in [0.15, 0.2) is 0 Å². The van der Waals surface area contributed by atoms with Crippen molar-refractivity contribution in [2.24, 2.45) is 0 Å². The molecule has 0 aliphatic heterocycles. The highest BCUT2D eigenvalue weighted by molar-refractivity contribution is 5.85. The SMILES string of the molecule is CNC(=O)CNC(=O)CN(C)Cc1c(C)nn(-c2ccccc2)c1C. The average molecular weight is 343 g/mol. The number of nitrogens with zero attached hydrogens (tertiary/aromatic N) is 3. The monoisotopic (exact) mass is 343 g/mol. The molecule has 7 heteroatoms. The fourth-order valence-corrected chi connectivity index (χ4v) is 2.62. The lowest BCUT2D eigenvalue weighted by Gasteiger charge is -2.16. The first-order valence-corrected chi connectivity index (χ1v) is 8.18. The standard InChI is InChI=1S/C18H25N5O2/c1-13-16(11-22(4)12-18(25)20-10-17(24)19-3)14(2)23(21-13)15-8-6-5-7-9-15/h5-9H,10-12H2,1-4H3,(H,19,24)(H,20,25). The van der Waals surface area contributed by atoms with Gasteiger partial charge in [-0.15, -0.1) is 0 Å². The molecule has 0 fully saturated rings. The first-order valence-electron chi connectivity index (χ1n) is 8.18. The van der Waals surface area contributed by atoms with E-state index in [1.165, 1.54) is 7.05 Å². The van der Waals surface area contributed by atoms with Crippen molar-refractivity contribution in [1.29, 1.82) is 0 Å². The van der Waals surface area contributed by atoms with Crippen molar-refractivity contribution in [3.8, 4) is 5.69 Å². The summed E-state index contributed by atoms with van der Waals surface area (Å²) in [6.07, 6.45) is 0. The van der Waals surface area contributed by atoms with Crippen molar-refractivity contribution in [3.05, 3.63) is 47.3 Å². The lowest BCUT2D eigenvalue weighted by atomic mass is 10.2. The van der Waals surface area contributed by atoms with Crippen LogP contribution in [0.3, 0.4) is 0 Å². The summed E-state index contributed by atoms with van der Waals surface area (Å²) in [5.74, 6) is -0.399. The summed E-state index contributed by atoms with van der Waals surface area (Å²) >= 11 is 0. The van der Waals surface area contributed by atoms with Crippen LogP contribution in [0.5, 0.6) is 0 Å². The molecule has 134 valence electrons. The molecule has 0 spiro atoms. The van der Waals surface area contributed by atoms with Gasteiger partial charge in [0.05, 0.1) is 24.5 Å². The molecule has 1 aromatic heterocycles. The lowest BCUT2D eigenvalue weighted by Crippen LogP contribution is -2.40. The van der Waals surface area contributed by atoms with Gasteiger partial charge in [0.1, 0.15) is 0 Å². The van der Waals surface area contributed by atoms with E-state index in [1.54, 1.807) is 0 Å². The van der Waals surface area contributed by atoms with Gasteiger partial charge in [-0.3, -0.25) is 14.5 Å². The number of carbonyl (C=O) groups is 2. The Hall–Kier alpha value is -2.67. The van der Waals surface area contributed by atoms with Crippen molar-refractivity contribution in [2.75, 3.05) is 27.2 Å². The number of likely N-dealkylation sites (N-methyl/N-ethyl adjacent to an activating group) is 2. The maximum Gasteiger partial charge on any atom is 0.239 e. The smallest absolute Gasteiger partial charge is 0.239 e. The first-order chi connectivity index (χ1) is 11.9. The normalized spacial score (nSPS) is 10.8. The van der Waals surface area contributed by atoms with Gasteiger partial charge in [-0.05, 0) is 33.0 Å². The van der Waals surface area contributed by atoms with E-state index in [2.05, 4.69) is 15.7 Å². The van der Waals surface area contributed by atoms with Gasteiger partial charge in [-0.1, -0.05) is 18.2 Å². The largest absolute Gasteiger partial charge is 0.358 e. The number of nitrogens with one attached hydrogen (secondary N) is 2. The molecular weight excluding hydrogens is 318 g/mol. The van der Waals surface area contributed by atoms with Crippen LogP contribution in [0.4, 0.5) is 0 Å². The average Bonchev–Trinajstić information content (AvgIpc) is 2.88. The Morgan fingerprint density at radius 3 is 2.48 bits per heavy atom. The molecule has 0 saturated heterocycles. The molecule has 0 saturated carbocycles. The highest BCUT2D eigenvalue weighted by atomic mass is 16.2. The third-order valence-corrected chi connectivity index (χ3v) is 4.01. The molecule has 2 N–H and O–H groups in total. The molecule has 1 aromatic carbocycles. The Morgan fingerprint density at radius 2 is 1.84 bits per heavy atom. The zero-order valence-corrected chi connectivity index (χ0v) is 15.2. The summed E-state index contributed by atoms with van der Waals surface area (Å²) in [6.45, 7) is 4.82. The predicted molar refractivity (Wildman–Crippen MR) is 96.4 cm³/mol.